The van der Waals surface area contributed by atoms with Gasteiger partial charge in [0.05, 0.1) is 24.0 Å². The number of hydrogen-bond donors (Lipinski definition) is 2. The topological polar surface area (TPSA) is 93.6 Å². The molecule has 2 N–H and O–H groups in total. The number of aliphatic hydroxyl groups excluding tert-OH is 1. The lowest BCUT2D eigenvalue weighted by Crippen LogP contribution is -2.22. The van der Waals surface area contributed by atoms with Gasteiger partial charge < -0.3 is 19.9 Å². The summed E-state index contributed by atoms with van der Waals surface area (Å²) in [5.41, 5.74) is 2.18. The second-order valence-corrected chi connectivity index (χ2v) is 9.35. The maximum Gasteiger partial charge on any atom is 0.273 e. The van der Waals surface area contributed by atoms with E-state index in [0.29, 0.717) is 28.9 Å². The van der Waals surface area contributed by atoms with Gasteiger partial charge in [0.25, 0.3) is 11.8 Å². The van der Waals surface area contributed by atoms with Crippen molar-refractivity contribution in [2.75, 3.05) is 25.1 Å². The minimum Gasteiger partial charge on any atom is -0.475 e. The van der Waals surface area contributed by atoms with Crippen LogP contribution in [0.2, 0.25) is 0 Å². The van der Waals surface area contributed by atoms with Crippen LogP contribution in [0.15, 0.2) is 48.8 Å². The Morgan fingerprint density at radius 2 is 2.00 bits per heavy atom. The maximum absolute atomic E-state index is 15.2. The fourth-order valence-electron chi connectivity index (χ4n) is 4.71. The van der Waals surface area contributed by atoms with Crippen LogP contribution in [0.4, 0.5) is 14.5 Å². The van der Waals surface area contributed by atoms with Gasteiger partial charge in [-0.05, 0) is 67.6 Å². The van der Waals surface area contributed by atoms with Crippen molar-refractivity contribution in [2.24, 2.45) is 0 Å². The lowest BCUT2D eigenvalue weighted by Gasteiger charge is -2.28. The Labute approximate surface area is 214 Å². The third-order valence-corrected chi connectivity index (χ3v) is 6.40. The second-order valence-electron chi connectivity index (χ2n) is 9.35. The lowest BCUT2D eigenvalue weighted by atomic mass is 9.87. The van der Waals surface area contributed by atoms with Crippen LogP contribution in [-0.2, 0) is 10.7 Å². The highest BCUT2D eigenvalue weighted by atomic mass is 19.3. The van der Waals surface area contributed by atoms with Crippen LogP contribution >= 0.6 is 0 Å². The molecule has 196 valence electrons. The van der Waals surface area contributed by atoms with Gasteiger partial charge in [0.15, 0.2) is 0 Å². The predicted octanol–water partition coefficient (Wildman–Crippen LogP) is 5.47. The number of ether oxygens (including phenoxy) is 2. The van der Waals surface area contributed by atoms with Gasteiger partial charge in [0.1, 0.15) is 6.61 Å². The molecular formula is C28H31F2N3O4. The molecule has 0 aliphatic carbocycles. The third kappa shape index (κ3) is 6.29. The van der Waals surface area contributed by atoms with E-state index in [-0.39, 0.29) is 42.4 Å². The Balaban J connectivity index is 1.84. The first-order valence-corrected chi connectivity index (χ1v) is 12.3. The number of nitrogens with one attached hydrogen (secondary N) is 1. The molecule has 0 saturated carbocycles. The van der Waals surface area contributed by atoms with Gasteiger partial charge in [0, 0.05) is 49.2 Å². The van der Waals surface area contributed by atoms with E-state index in [1.54, 1.807) is 19.1 Å². The van der Waals surface area contributed by atoms with Crippen molar-refractivity contribution in [1.29, 1.82) is 0 Å². The number of halogens is 2. The molecule has 1 amide bonds. The molecule has 2 atom stereocenters. The average molecular weight is 512 g/mol. The van der Waals surface area contributed by atoms with E-state index >= 15 is 8.78 Å². The van der Waals surface area contributed by atoms with E-state index in [4.69, 9.17) is 9.47 Å². The number of alkyl halides is 2. The predicted molar refractivity (Wildman–Crippen MR) is 136 cm³/mol. The van der Waals surface area contributed by atoms with Crippen molar-refractivity contribution in [3.8, 4) is 17.0 Å². The number of nitrogens with zero attached hydrogens (tertiary/aromatic N) is 2. The van der Waals surface area contributed by atoms with Gasteiger partial charge in [-0.2, -0.15) is 0 Å². The molecule has 3 aromatic rings. The molecular weight excluding hydrogens is 480 g/mol. The Bertz CT molecular complexity index is 1250. The van der Waals surface area contributed by atoms with Crippen LogP contribution < -0.4 is 10.1 Å². The molecule has 1 aliphatic rings. The molecule has 2 aromatic heterocycles. The summed E-state index contributed by atoms with van der Waals surface area (Å²) < 4.78 is 41.8. The van der Waals surface area contributed by atoms with Crippen molar-refractivity contribution in [2.45, 2.75) is 51.6 Å². The number of hydrogen-bond acceptors (Lipinski definition) is 6. The second kappa shape index (κ2) is 11.3. The summed E-state index contributed by atoms with van der Waals surface area (Å²) in [6.45, 7) is 4.97. The minimum absolute atomic E-state index is 0.0192. The summed E-state index contributed by atoms with van der Waals surface area (Å²) in [7, 11) is 0. The zero-order chi connectivity index (χ0) is 26.6. The highest BCUT2D eigenvalue weighted by Gasteiger charge is 2.34. The average Bonchev–Trinajstić information content (AvgIpc) is 2.88. The summed E-state index contributed by atoms with van der Waals surface area (Å²) >= 11 is 0. The highest BCUT2D eigenvalue weighted by Crippen LogP contribution is 2.44. The molecule has 0 bridgehead atoms. The number of aromatic nitrogens is 2. The van der Waals surface area contributed by atoms with Gasteiger partial charge in [-0.25, -0.2) is 13.8 Å². The van der Waals surface area contributed by atoms with Gasteiger partial charge in [-0.1, -0.05) is 6.07 Å². The molecule has 2 unspecified atom stereocenters. The Morgan fingerprint density at radius 1 is 1.24 bits per heavy atom. The molecule has 1 aromatic carbocycles. The summed E-state index contributed by atoms with van der Waals surface area (Å²) in [5, 5.41) is 11.9. The van der Waals surface area contributed by atoms with Crippen LogP contribution in [0.1, 0.15) is 59.8 Å². The first-order valence-electron chi connectivity index (χ1n) is 12.3. The Kier molecular flexibility index (Phi) is 8.14. The van der Waals surface area contributed by atoms with Crippen LogP contribution in [0.5, 0.6) is 5.88 Å². The number of amides is 1. The molecule has 7 nitrogen and oxygen atoms in total. The highest BCUT2D eigenvalue weighted by molar-refractivity contribution is 6.05. The number of pyridine rings is 2. The third-order valence-electron chi connectivity index (χ3n) is 6.40. The van der Waals surface area contributed by atoms with E-state index in [9.17, 15) is 9.90 Å². The van der Waals surface area contributed by atoms with Crippen molar-refractivity contribution in [3.05, 3.63) is 71.2 Å². The first-order chi connectivity index (χ1) is 17.7. The minimum atomic E-state index is -3.27. The molecule has 37 heavy (non-hydrogen) atoms. The SMILES string of the molecule is Cc1ccc(NC(=O)c2ccncc2)c(C(C)(F)F)c1-c1cc(OCCO)nc(C2CCOC(C)C2)c1. The molecule has 1 saturated heterocycles. The van der Waals surface area contributed by atoms with Gasteiger partial charge in [-0.3, -0.25) is 9.78 Å². The molecule has 0 radical (unpaired) electrons. The molecule has 3 heterocycles. The molecule has 0 spiro atoms. The molecule has 4 rings (SSSR count). The van der Waals surface area contributed by atoms with E-state index < -0.39 is 11.8 Å². The first kappa shape index (κ1) is 26.6. The number of rotatable bonds is 8. The van der Waals surface area contributed by atoms with Crippen molar-refractivity contribution in [1.82, 2.24) is 9.97 Å². The van der Waals surface area contributed by atoms with Crippen LogP contribution in [0.3, 0.4) is 0 Å². The number of aliphatic hydroxyl groups is 1. The standard InChI is InChI=1S/C28H31F2N3O4/c1-17-4-5-22(33-27(35)19-6-9-31-10-7-19)26(28(3,29)30)25(17)21-15-23(20-8-12-36-18(2)14-20)32-24(16-21)37-13-11-34/h4-7,9-10,15-16,18,20,34H,8,11-14H2,1-3H3,(H,33,35). The number of benzene rings is 1. The summed E-state index contributed by atoms with van der Waals surface area (Å²) in [6, 6.07) is 9.66. The van der Waals surface area contributed by atoms with Crippen molar-refractivity contribution < 1.29 is 28.2 Å². The largest absolute Gasteiger partial charge is 0.475 e. The Hall–Kier alpha value is -3.43. The van der Waals surface area contributed by atoms with Crippen LogP contribution in [-0.4, -0.2) is 46.9 Å². The molecule has 1 fully saturated rings. The van der Waals surface area contributed by atoms with E-state index in [1.807, 2.05) is 13.0 Å². The van der Waals surface area contributed by atoms with E-state index in [2.05, 4.69) is 15.3 Å². The maximum atomic E-state index is 15.2. The van der Waals surface area contributed by atoms with E-state index in [0.717, 1.165) is 25.5 Å². The molecule has 1 aliphatic heterocycles. The number of carbonyl (C=O) groups excluding carboxylic acids is 1. The monoisotopic (exact) mass is 511 g/mol. The van der Waals surface area contributed by atoms with Crippen molar-refractivity contribution in [3.63, 3.8) is 0 Å². The fourth-order valence-corrected chi connectivity index (χ4v) is 4.71. The smallest absolute Gasteiger partial charge is 0.273 e. The number of carbonyl (C=O) groups is 1. The van der Waals surface area contributed by atoms with Crippen LogP contribution in [0, 0.1) is 6.92 Å². The zero-order valence-corrected chi connectivity index (χ0v) is 21.1. The lowest BCUT2D eigenvalue weighted by molar-refractivity contribution is 0.0179. The zero-order valence-electron chi connectivity index (χ0n) is 21.1. The van der Waals surface area contributed by atoms with E-state index in [1.165, 1.54) is 30.6 Å². The summed E-state index contributed by atoms with van der Waals surface area (Å²) in [6.07, 6.45) is 4.48. The Morgan fingerprint density at radius 3 is 2.68 bits per heavy atom. The normalized spacial score (nSPS) is 17.9. The van der Waals surface area contributed by atoms with Gasteiger partial charge in [-0.15, -0.1) is 0 Å². The fraction of sp³-hybridized carbons (Fsp3) is 0.393. The van der Waals surface area contributed by atoms with Crippen LogP contribution in [0.25, 0.3) is 11.1 Å². The summed E-state index contributed by atoms with van der Waals surface area (Å²) in [4.78, 5) is 21.4. The summed E-state index contributed by atoms with van der Waals surface area (Å²) in [5.74, 6) is -3.47. The quantitative estimate of drug-likeness (QED) is 0.417. The van der Waals surface area contributed by atoms with Gasteiger partial charge >= 0.3 is 0 Å². The molecule has 9 heteroatoms. The van der Waals surface area contributed by atoms with Crippen molar-refractivity contribution >= 4 is 11.6 Å². The number of aryl methyl sites for hydroxylation is 1. The van der Waals surface area contributed by atoms with Gasteiger partial charge in [0.2, 0.25) is 5.88 Å². The number of anilines is 1.